The predicted octanol–water partition coefficient (Wildman–Crippen LogP) is 2.66. The second kappa shape index (κ2) is 7.88. The van der Waals surface area contributed by atoms with E-state index in [0.717, 1.165) is 37.2 Å². The Morgan fingerprint density at radius 3 is 2.86 bits per heavy atom. The number of nitrogens with one attached hydrogen (secondary N) is 3. The third-order valence-electron chi connectivity index (χ3n) is 5.67. The highest BCUT2D eigenvalue weighted by Crippen LogP contribution is 2.47. The van der Waals surface area contributed by atoms with Crippen LogP contribution in [-0.2, 0) is 16.6 Å². The summed E-state index contributed by atoms with van der Waals surface area (Å²) in [6.45, 7) is 3.80. The van der Waals surface area contributed by atoms with Gasteiger partial charge < -0.3 is 19.9 Å². The number of aromatic amines is 1. The Morgan fingerprint density at radius 2 is 2.14 bits per heavy atom. The SMILES string of the molecule is CC(C)NC(=O)O[C@@H]1CC[C@H](c2cc(NC(=O)[C@H]3C[C@@H]3c3nccn3C)n[nH]2)C1. The monoisotopic (exact) mass is 400 g/mol. The fourth-order valence-corrected chi connectivity index (χ4v) is 4.08. The standard InChI is InChI=1S/C20H28N6O3/c1-11(2)22-20(28)29-13-5-4-12(8-13)16-10-17(25-24-16)23-19(27)15-9-14(15)18-21-6-7-26(18)3/h6-7,10-15H,4-5,8-9H2,1-3H3,(H,22,28)(H2,23,24,25,27)/t12-,13+,14-,15-/m0/s1. The number of nitrogens with zero attached hydrogens (tertiary/aromatic N) is 3. The first-order valence-corrected chi connectivity index (χ1v) is 10.2. The molecular weight excluding hydrogens is 372 g/mol. The average Bonchev–Trinajstić information content (AvgIpc) is 2.99. The fraction of sp³-hybridized carbons (Fsp3) is 0.600. The van der Waals surface area contributed by atoms with Gasteiger partial charge in [-0.3, -0.25) is 9.89 Å². The van der Waals surface area contributed by atoms with Crippen molar-refractivity contribution >= 4 is 17.8 Å². The molecule has 9 heteroatoms. The van der Waals surface area contributed by atoms with Gasteiger partial charge in [-0.15, -0.1) is 0 Å². The van der Waals surface area contributed by atoms with Crippen molar-refractivity contribution in [3.8, 4) is 0 Å². The fourth-order valence-electron chi connectivity index (χ4n) is 4.08. The van der Waals surface area contributed by atoms with E-state index in [1.54, 1.807) is 6.20 Å². The Bertz CT molecular complexity index is 888. The highest BCUT2D eigenvalue weighted by molar-refractivity contribution is 5.94. The number of hydrogen-bond donors (Lipinski definition) is 3. The Morgan fingerprint density at radius 1 is 1.31 bits per heavy atom. The molecule has 29 heavy (non-hydrogen) atoms. The highest BCUT2D eigenvalue weighted by Gasteiger charge is 2.46. The van der Waals surface area contributed by atoms with Crippen LogP contribution >= 0.6 is 0 Å². The van der Waals surface area contributed by atoms with E-state index >= 15 is 0 Å². The zero-order valence-electron chi connectivity index (χ0n) is 17.0. The first kappa shape index (κ1) is 19.5. The lowest BCUT2D eigenvalue weighted by atomic mass is 10.0. The van der Waals surface area contributed by atoms with Crippen LogP contribution in [0.2, 0.25) is 0 Å². The molecule has 156 valence electrons. The summed E-state index contributed by atoms with van der Waals surface area (Å²) < 4.78 is 7.44. The van der Waals surface area contributed by atoms with Crippen molar-refractivity contribution in [3.05, 3.63) is 30.0 Å². The second-order valence-electron chi connectivity index (χ2n) is 8.38. The van der Waals surface area contributed by atoms with Gasteiger partial charge in [-0.25, -0.2) is 9.78 Å². The van der Waals surface area contributed by atoms with Gasteiger partial charge in [-0.1, -0.05) is 0 Å². The quantitative estimate of drug-likeness (QED) is 0.690. The van der Waals surface area contributed by atoms with Crippen molar-refractivity contribution in [2.45, 2.75) is 63.5 Å². The van der Waals surface area contributed by atoms with Crippen LogP contribution in [0.4, 0.5) is 10.6 Å². The molecule has 2 aliphatic carbocycles. The molecule has 2 heterocycles. The number of ether oxygens (including phenoxy) is 1. The summed E-state index contributed by atoms with van der Waals surface area (Å²) in [5.74, 6) is 1.84. The van der Waals surface area contributed by atoms with E-state index in [0.29, 0.717) is 5.82 Å². The van der Waals surface area contributed by atoms with E-state index in [4.69, 9.17) is 4.74 Å². The van der Waals surface area contributed by atoms with Gasteiger partial charge in [0.1, 0.15) is 11.9 Å². The van der Waals surface area contributed by atoms with E-state index < -0.39 is 0 Å². The number of hydrogen-bond acceptors (Lipinski definition) is 5. The number of carbonyl (C=O) groups is 2. The molecule has 0 bridgehead atoms. The Labute approximate surface area is 169 Å². The molecule has 0 spiro atoms. The molecule has 4 rings (SSSR count). The summed E-state index contributed by atoms with van der Waals surface area (Å²) in [4.78, 5) is 28.6. The maximum Gasteiger partial charge on any atom is 0.407 e. The van der Waals surface area contributed by atoms with Crippen LogP contribution in [0.15, 0.2) is 18.5 Å². The first-order chi connectivity index (χ1) is 13.9. The molecule has 2 aromatic rings. The molecule has 2 aromatic heterocycles. The van der Waals surface area contributed by atoms with Crippen LogP contribution in [0.5, 0.6) is 0 Å². The molecule has 0 radical (unpaired) electrons. The number of anilines is 1. The Balaban J connectivity index is 1.28. The minimum Gasteiger partial charge on any atom is -0.446 e. The van der Waals surface area contributed by atoms with Gasteiger partial charge in [0.15, 0.2) is 5.82 Å². The van der Waals surface area contributed by atoms with Gasteiger partial charge in [-0.05, 0) is 39.5 Å². The smallest absolute Gasteiger partial charge is 0.407 e. The Kier molecular flexibility index (Phi) is 5.29. The van der Waals surface area contributed by atoms with E-state index in [2.05, 4.69) is 25.8 Å². The summed E-state index contributed by atoms with van der Waals surface area (Å²) >= 11 is 0. The van der Waals surface area contributed by atoms with E-state index in [9.17, 15) is 9.59 Å². The third kappa shape index (κ3) is 4.44. The van der Waals surface area contributed by atoms with E-state index in [1.807, 2.05) is 37.7 Å². The van der Waals surface area contributed by atoms with Crippen molar-refractivity contribution in [2.75, 3.05) is 5.32 Å². The zero-order valence-corrected chi connectivity index (χ0v) is 17.0. The number of aromatic nitrogens is 4. The molecule has 0 unspecified atom stereocenters. The largest absolute Gasteiger partial charge is 0.446 e. The van der Waals surface area contributed by atoms with Crippen molar-refractivity contribution in [2.24, 2.45) is 13.0 Å². The molecule has 4 atom stereocenters. The van der Waals surface area contributed by atoms with Crippen LogP contribution in [-0.4, -0.2) is 43.9 Å². The number of H-pyrrole nitrogens is 1. The minimum atomic E-state index is -0.366. The second-order valence-corrected chi connectivity index (χ2v) is 8.38. The molecule has 2 aliphatic rings. The van der Waals surface area contributed by atoms with Crippen LogP contribution in [0.1, 0.15) is 62.9 Å². The molecule has 3 N–H and O–H groups in total. The molecule has 0 saturated heterocycles. The van der Waals surface area contributed by atoms with Gasteiger partial charge in [0, 0.05) is 55.0 Å². The van der Waals surface area contributed by atoms with Crippen LogP contribution in [0, 0.1) is 5.92 Å². The topological polar surface area (TPSA) is 114 Å². The number of amides is 2. The van der Waals surface area contributed by atoms with Gasteiger partial charge in [0.05, 0.1) is 0 Å². The lowest BCUT2D eigenvalue weighted by Gasteiger charge is -2.14. The summed E-state index contributed by atoms with van der Waals surface area (Å²) in [6, 6.07) is 1.94. The molecule has 2 fully saturated rings. The lowest BCUT2D eigenvalue weighted by molar-refractivity contribution is -0.117. The molecular formula is C20H28N6O3. The zero-order chi connectivity index (χ0) is 20.5. The van der Waals surface area contributed by atoms with Gasteiger partial charge in [0.25, 0.3) is 0 Å². The Hall–Kier alpha value is -2.84. The lowest BCUT2D eigenvalue weighted by Crippen LogP contribution is -2.33. The maximum absolute atomic E-state index is 12.5. The van der Waals surface area contributed by atoms with Crippen LogP contribution in [0.25, 0.3) is 0 Å². The van der Waals surface area contributed by atoms with Crippen molar-refractivity contribution < 1.29 is 14.3 Å². The predicted molar refractivity (Wildman–Crippen MR) is 106 cm³/mol. The number of rotatable bonds is 6. The van der Waals surface area contributed by atoms with Gasteiger partial charge in [0.2, 0.25) is 5.91 Å². The number of alkyl carbamates (subject to hydrolysis) is 1. The van der Waals surface area contributed by atoms with Crippen LogP contribution < -0.4 is 10.6 Å². The molecule has 2 amide bonds. The third-order valence-corrected chi connectivity index (χ3v) is 5.67. The first-order valence-electron chi connectivity index (χ1n) is 10.2. The average molecular weight is 400 g/mol. The van der Waals surface area contributed by atoms with E-state index in [1.165, 1.54) is 0 Å². The molecule has 0 aliphatic heterocycles. The molecule has 2 saturated carbocycles. The summed E-state index contributed by atoms with van der Waals surface area (Å²) in [5.41, 5.74) is 0.965. The number of aryl methyl sites for hydroxylation is 1. The normalized spacial score (nSPS) is 25.8. The molecule has 9 nitrogen and oxygen atoms in total. The van der Waals surface area contributed by atoms with Crippen molar-refractivity contribution in [1.82, 2.24) is 25.1 Å². The highest BCUT2D eigenvalue weighted by atomic mass is 16.6. The summed E-state index contributed by atoms with van der Waals surface area (Å²) in [6.07, 6.45) is 6.50. The van der Waals surface area contributed by atoms with E-state index in [-0.39, 0.29) is 41.9 Å². The summed E-state index contributed by atoms with van der Waals surface area (Å²) in [5, 5.41) is 12.9. The molecule has 0 aromatic carbocycles. The van der Waals surface area contributed by atoms with Crippen LogP contribution in [0.3, 0.4) is 0 Å². The summed E-state index contributed by atoms with van der Waals surface area (Å²) in [7, 11) is 1.95. The maximum atomic E-state index is 12.5. The number of carbonyl (C=O) groups excluding carboxylic acids is 2. The van der Waals surface area contributed by atoms with Gasteiger partial charge in [-0.2, -0.15) is 5.10 Å². The minimum absolute atomic E-state index is 0.0194. The van der Waals surface area contributed by atoms with Gasteiger partial charge >= 0.3 is 6.09 Å². The van der Waals surface area contributed by atoms with Crippen molar-refractivity contribution in [1.29, 1.82) is 0 Å². The number of imidazole rings is 1. The van der Waals surface area contributed by atoms with Crippen molar-refractivity contribution in [3.63, 3.8) is 0 Å².